The van der Waals surface area contributed by atoms with Gasteiger partial charge in [-0.2, -0.15) is 0 Å². The van der Waals surface area contributed by atoms with Crippen LogP contribution in [0.15, 0.2) is 72.8 Å². The van der Waals surface area contributed by atoms with Crippen LogP contribution in [0.3, 0.4) is 0 Å². The highest BCUT2D eigenvalue weighted by atomic mass is 15.4. The van der Waals surface area contributed by atoms with Crippen molar-refractivity contribution >= 4 is 33.2 Å². The Morgan fingerprint density at radius 1 is 0.714 bits per heavy atom. The molecule has 1 atom stereocenters. The van der Waals surface area contributed by atoms with Crippen molar-refractivity contribution in [3.05, 3.63) is 83.9 Å². The van der Waals surface area contributed by atoms with Gasteiger partial charge in [-0.25, -0.2) is 4.48 Å². The molecule has 1 aliphatic rings. The zero-order chi connectivity index (χ0) is 29.4. The topological polar surface area (TPSA) is 4.93 Å². The Bertz CT molecular complexity index is 1870. The van der Waals surface area contributed by atoms with E-state index >= 15 is 0 Å². The third-order valence-corrected chi connectivity index (χ3v) is 9.42. The smallest absolute Gasteiger partial charge is 0.150 e. The van der Waals surface area contributed by atoms with Crippen molar-refractivity contribution in [1.29, 1.82) is 0 Å². The maximum atomic E-state index is 5.99. The number of nitrogens with zero attached hydrogens (tertiary/aromatic N) is 2. The third kappa shape index (κ3) is 4.52. The molecule has 0 spiro atoms. The monoisotopic (exact) mass is 549 g/mol. The Balaban J connectivity index is 1.51. The van der Waals surface area contributed by atoms with Crippen molar-refractivity contribution in [2.24, 2.45) is 5.92 Å². The van der Waals surface area contributed by atoms with Crippen molar-refractivity contribution in [1.82, 2.24) is 9.05 Å². The van der Waals surface area contributed by atoms with Crippen molar-refractivity contribution < 1.29 is 0 Å². The molecule has 0 bridgehead atoms. The summed E-state index contributed by atoms with van der Waals surface area (Å²) >= 11 is 0. The number of fused-ring (bicyclic) bond motifs is 6. The van der Waals surface area contributed by atoms with Gasteiger partial charge in [0.2, 0.25) is 0 Å². The van der Waals surface area contributed by atoms with Gasteiger partial charge >= 0.3 is 0 Å². The molecule has 0 amide bonds. The van der Waals surface area contributed by atoms with Gasteiger partial charge in [0.25, 0.3) is 0 Å². The Kier molecular flexibility index (Phi) is 7.45. The van der Waals surface area contributed by atoms with Crippen LogP contribution in [0.2, 0.25) is 0 Å². The maximum absolute atomic E-state index is 5.99. The van der Waals surface area contributed by atoms with E-state index in [1.54, 1.807) is 0 Å². The van der Waals surface area contributed by atoms with E-state index in [0.717, 1.165) is 6.54 Å². The maximum Gasteiger partial charge on any atom is 0.150 e. The second-order valence-corrected chi connectivity index (χ2v) is 12.2. The molecule has 1 aliphatic heterocycles. The normalized spacial score (nSPS) is 14.0. The van der Waals surface area contributed by atoms with Gasteiger partial charge in [0.1, 0.15) is 11.4 Å². The van der Waals surface area contributed by atoms with Crippen LogP contribution in [0, 0.1) is 44.5 Å². The van der Waals surface area contributed by atoms with E-state index in [4.69, 9.17) is 12.8 Å². The summed E-state index contributed by atoms with van der Waals surface area (Å²) in [6, 6.07) is 27.5. The van der Waals surface area contributed by atoms with Crippen LogP contribution in [-0.2, 0) is 6.54 Å². The number of hydrogen-bond acceptors (Lipinski definition) is 0. The minimum absolute atomic E-state index is 0.504. The first kappa shape index (κ1) is 27.9. The van der Waals surface area contributed by atoms with Crippen molar-refractivity contribution in [2.75, 3.05) is 13.1 Å². The van der Waals surface area contributed by atoms with Crippen LogP contribution < -0.4 is 4.48 Å². The predicted molar refractivity (Wildman–Crippen MR) is 182 cm³/mol. The lowest BCUT2D eigenvalue weighted by molar-refractivity contribution is 0.401. The Morgan fingerprint density at radius 3 is 1.98 bits per heavy atom. The van der Waals surface area contributed by atoms with E-state index in [-0.39, 0.29) is 0 Å². The predicted octanol–water partition coefficient (Wildman–Crippen LogP) is 10.2. The summed E-state index contributed by atoms with van der Waals surface area (Å²) in [6.45, 7) is 11.1. The molecule has 0 saturated carbocycles. The van der Waals surface area contributed by atoms with E-state index in [2.05, 4.69) is 117 Å². The molecular weight excluding hydrogens is 508 g/mol. The first-order chi connectivity index (χ1) is 20.4. The third-order valence-electron chi connectivity index (χ3n) is 9.42. The number of benzene rings is 4. The van der Waals surface area contributed by atoms with Gasteiger partial charge in [-0.05, 0) is 91.1 Å². The Morgan fingerprint density at radius 2 is 1.29 bits per heavy atom. The second-order valence-electron chi connectivity index (χ2n) is 12.2. The van der Waals surface area contributed by atoms with Crippen molar-refractivity contribution in [3.63, 3.8) is 0 Å². The first-order valence-electron chi connectivity index (χ1n) is 15.5. The fraction of sp³-hybridized carbons (Fsp3) is 0.300. The van der Waals surface area contributed by atoms with E-state index in [1.165, 1.54) is 92.2 Å². The average Bonchev–Trinajstić information content (AvgIpc) is 3.43. The molecule has 2 nitrogen and oxygen atoms in total. The lowest BCUT2D eigenvalue weighted by Gasteiger charge is -2.31. The Labute approximate surface area is 251 Å². The molecule has 0 fully saturated rings. The fourth-order valence-corrected chi connectivity index (χ4v) is 7.12. The first-order valence-corrected chi connectivity index (χ1v) is 15.5. The fourth-order valence-electron chi connectivity index (χ4n) is 7.12. The van der Waals surface area contributed by atoms with Crippen LogP contribution in [0.1, 0.15) is 50.7 Å². The van der Waals surface area contributed by atoms with Crippen LogP contribution >= 0.6 is 0 Å². The van der Waals surface area contributed by atoms with Gasteiger partial charge in [-0.3, -0.25) is 0 Å². The van der Waals surface area contributed by atoms with Gasteiger partial charge in [0.05, 0.1) is 0 Å². The minimum atomic E-state index is 0.504. The van der Waals surface area contributed by atoms with Crippen LogP contribution in [0.4, 0.5) is 11.4 Å². The molecule has 0 saturated heterocycles. The van der Waals surface area contributed by atoms with Gasteiger partial charge in [-0.1, -0.05) is 62.9 Å². The molecule has 210 valence electrons. The summed E-state index contributed by atoms with van der Waals surface area (Å²) in [6.07, 6.45) is 17.0. The molecule has 42 heavy (non-hydrogen) atoms. The van der Waals surface area contributed by atoms with E-state index < -0.39 is 0 Å². The Hall–Kier alpha value is -4.24. The molecule has 2 heteroatoms. The molecule has 0 aliphatic carbocycles. The molecular formula is C40H41N2+. The van der Waals surface area contributed by atoms with E-state index in [9.17, 15) is 0 Å². The molecule has 0 radical (unpaired) electrons. The highest BCUT2D eigenvalue weighted by molar-refractivity contribution is 6.10. The lowest BCUT2D eigenvalue weighted by Crippen LogP contribution is -2.43. The molecule has 5 aromatic rings. The average molecular weight is 550 g/mol. The highest BCUT2D eigenvalue weighted by Crippen LogP contribution is 2.54. The number of terminal acetylenes is 2. The zero-order valence-electron chi connectivity index (χ0n) is 25.5. The molecule has 2 heterocycles. The summed E-state index contributed by atoms with van der Waals surface area (Å²) in [5.41, 5.74) is 12.4. The summed E-state index contributed by atoms with van der Waals surface area (Å²) in [4.78, 5) is 0. The van der Waals surface area contributed by atoms with E-state index in [0.29, 0.717) is 23.5 Å². The summed E-state index contributed by atoms with van der Waals surface area (Å²) < 4.78 is 3.07. The molecule has 4 aromatic carbocycles. The van der Waals surface area contributed by atoms with Gasteiger partial charge < -0.3 is 4.57 Å². The molecule has 6 rings (SSSR count). The van der Waals surface area contributed by atoms with Crippen molar-refractivity contribution in [3.8, 4) is 46.9 Å². The number of hydrogen-bond donors (Lipinski definition) is 0. The van der Waals surface area contributed by atoms with Crippen molar-refractivity contribution in [2.45, 2.75) is 59.9 Å². The highest BCUT2D eigenvalue weighted by Gasteiger charge is 2.43. The largest absolute Gasteiger partial charge is 0.340 e. The number of aryl methyl sites for hydroxylation is 2. The zero-order valence-corrected chi connectivity index (χ0v) is 25.5. The van der Waals surface area contributed by atoms with Crippen LogP contribution in [0.5, 0.6) is 0 Å². The number of rotatable bonds is 9. The van der Waals surface area contributed by atoms with Crippen LogP contribution in [-0.4, -0.2) is 17.7 Å². The lowest BCUT2D eigenvalue weighted by atomic mass is 9.98. The van der Waals surface area contributed by atoms with Gasteiger partial charge in [0.15, 0.2) is 13.1 Å². The standard InChI is InChI=1S/C40H41N2/c1-7-11-12-30(10-4)27-41-37-19-14-28(5)23-35(37)36-25-31(16-20-38(36)41)32-15-18-34-33-17-13-29(6)24-39(33)42(21-8-2,22-9-3)40(34)26-32/h2-3,13-20,23-26,30H,7,10-12,21-22,27H2,1,4-6H3/q+1. The van der Waals surface area contributed by atoms with Gasteiger partial charge in [-0.15, -0.1) is 12.8 Å². The quantitative estimate of drug-likeness (QED) is 0.127. The number of aromatic nitrogens is 1. The minimum Gasteiger partial charge on any atom is -0.340 e. The second kappa shape index (κ2) is 11.2. The number of quaternary nitrogens is 1. The summed E-state index contributed by atoms with van der Waals surface area (Å²) in [5, 5.41) is 2.66. The molecule has 1 unspecified atom stereocenters. The summed E-state index contributed by atoms with van der Waals surface area (Å²) in [5.74, 6) is 6.59. The van der Waals surface area contributed by atoms with E-state index in [1.807, 2.05) is 0 Å². The molecule has 1 aromatic heterocycles. The number of unbranched alkanes of at least 4 members (excludes halogenated alkanes) is 1. The van der Waals surface area contributed by atoms with Crippen LogP contribution in [0.25, 0.3) is 44.1 Å². The van der Waals surface area contributed by atoms with Gasteiger partial charge in [0, 0.05) is 51.6 Å². The SMILES string of the molecule is C#CC[N+]1(CC#C)c2cc(C)ccc2-c2ccc(-c3ccc4c(c3)c3cc(C)ccc3n4CC(CC)CCCC)cc21. The summed E-state index contributed by atoms with van der Waals surface area (Å²) in [7, 11) is 0. The molecule has 0 N–H and O–H groups in total.